The van der Waals surface area contributed by atoms with Gasteiger partial charge in [-0.15, -0.1) is 0 Å². The number of anilines is 2. The molecule has 0 spiro atoms. The minimum Gasteiger partial charge on any atom is -0.353 e. The van der Waals surface area contributed by atoms with Gasteiger partial charge in [0.15, 0.2) is 0 Å². The molecule has 1 aromatic rings. The van der Waals surface area contributed by atoms with E-state index >= 15 is 0 Å². The van der Waals surface area contributed by atoms with Crippen LogP contribution < -0.4 is 9.80 Å². The number of aromatic nitrogens is 2. The zero-order valence-electron chi connectivity index (χ0n) is 18.8. The zero-order chi connectivity index (χ0) is 22.3. The molecule has 0 aliphatic carbocycles. The summed E-state index contributed by atoms with van der Waals surface area (Å²) in [4.78, 5) is 55.8. The van der Waals surface area contributed by atoms with Crippen LogP contribution in [0.15, 0.2) is 0 Å². The van der Waals surface area contributed by atoms with Gasteiger partial charge in [0.2, 0.25) is 17.8 Å². The molecule has 3 amide bonds. The number of rotatable bonds is 3. The Hall–Kier alpha value is -2.91. The summed E-state index contributed by atoms with van der Waals surface area (Å²) in [5, 5.41) is 0. The van der Waals surface area contributed by atoms with Crippen molar-refractivity contribution in [1.29, 1.82) is 0 Å². The van der Waals surface area contributed by atoms with Crippen molar-refractivity contribution < 1.29 is 14.4 Å². The Kier molecular flexibility index (Phi) is 5.72. The van der Waals surface area contributed by atoms with E-state index in [2.05, 4.69) is 14.8 Å². The second kappa shape index (κ2) is 8.32. The molecule has 1 aromatic heterocycles. The Morgan fingerprint density at radius 2 is 1.32 bits per heavy atom. The fraction of sp³-hybridized carbons (Fsp3) is 0.667. The normalized spacial score (nSPS) is 19.4. The first-order valence-corrected chi connectivity index (χ1v) is 11.0. The first-order chi connectivity index (χ1) is 14.8. The summed E-state index contributed by atoms with van der Waals surface area (Å²) in [5.74, 6) is 1.44. The van der Waals surface area contributed by atoms with Crippen molar-refractivity contribution in [2.45, 2.75) is 40.3 Å². The topological polar surface area (TPSA) is 93.2 Å². The predicted octanol–water partition coefficient (Wildman–Crippen LogP) is 0.178. The van der Waals surface area contributed by atoms with Gasteiger partial charge in [0.05, 0.1) is 6.54 Å². The average Bonchev–Trinajstić information content (AvgIpc) is 3.10. The lowest BCUT2D eigenvalue weighted by molar-refractivity contribution is -0.129. The van der Waals surface area contributed by atoms with E-state index in [1.165, 1.54) is 0 Å². The average molecular weight is 430 g/mol. The molecule has 0 N–H and O–H groups in total. The van der Waals surface area contributed by atoms with Gasteiger partial charge >= 0.3 is 0 Å². The number of hydrogen-bond acceptors (Lipinski definition) is 7. The SMILES string of the molecule is CC(=O)N1CCN(c2nc3c(c(N4CCN(C(C)=O)CC4)n2)CN(C(C)C)C3=O)CC1. The van der Waals surface area contributed by atoms with E-state index in [0.717, 1.165) is 11.4 Å². The maximum atomic E-state index is 13.1. The molecular weight excluding hydrogens is 398 g/mol. The Morgan fingerprint density at radius 3 is 1.81 bits per heavy atom. The minimum absolute atomic E-state index is 0.0559. The summed E-state index contributed by atoms with van der Waals surface area (Å²) >= 11 is 0. The third kappa shape index (κ3) is 4.03. The van der Waals surface area contributed by atoms with Crippen LogP contribution in [0.3, 0.4) is 0 Å². The van der Waals surface area contributed by atoms with Crippen LogP contribution in [0.2, 0.25) is 0 Å². The number of nitrogens with zero attached hydrogens (tertiary/aromatic N) is 7. The highest BCUT2D eigenvalue weighted by Crippen LogP contribution is 2.33. The molecule has 4 rings (SSSR count). The van der Waals surface area contributed by atoms with Crippen molar-refractivity contribution in [3.8, 4) is 0 Å². The van der Waals surface area contributed by atoms with Gasteiger partial charge in [-0.05, 0) is 13.8 Å². The van der Waals surface area contributed by atoms with Crippen LogP contribution in [0, 0.1) is 0 Å². The largest absolute Gasteiger partial charge is 0.353 e. The van der Waals surface area contributed by atoms with E-state index in [1.807, 2.05) is 28.5 Å². The van der Waals surface area contributed by atoms with Crippen LogP contribution in [0.25, 0.3) is 0 Å². The summed E-state index contributed by atoms with van der Waals surface area (Å²) in [7, 11) is 0. The van der Waals surface area contributed by atoms with E-state index in [9.17, 15) is 14.4 Å². The number of amides is 3. The van der Waals surface area contributed by atoms with Crippen molar-refractivity contribution in [2.75, 3.05) is 62.2 Å². The van der Waals surface area contributed by atoms with Crippen molar-refractivity contribution in [3.63, 3.8) is 0 Å². The molecule has 3 aliphatic rings. The van der Waals surface area contributed by atoms with Gasteiger partial charge in [-0.3, -0.25) is 14.4 Å². The van der Waals surface area contributed by atoms with Crippen LogP contribution >= 0.6 is 0 Å². The van der Waals surface area contributed by atoms with Gasteiger partial charge in [-0.25, -0.2) is 4.98 Å². The number of carbonyl (C=O) groups is 3. The molecule has 0 bridgehead atoms. The van der Waals surface area contributed by atoms with E-state index in [-0.39, 0.29) is 23.8 Å². The Balaban J connectivity index is 1.64. The van der Waals surface area contributed by atoms with Gasteiger partial charge in [-0.2, -0.15) is 4.98 Å². The second-order valence-electron chi connectivity index (χ2n) is 8.69. The molecule has 2 saturated heterocycles. The molecule has 0 radical (unpaired) electrons. The van der Waals surface area contributed by atoms with Gasteiger partial charge in [0, 0.05) is 77.8 Å². The molecule has 3 aliphatic heterocycles. The molecule has 2 fully saturated rings. The molecule has 0 aromatic carbocycles. The Labute approximate surface area is 182 Å². The number of hydrogen-bond donors (Lipinski definition) is 0. The molecule has 0 atom stereocenters. The molecule has 10 heteroatoms. The van der Waals surface area contributed by atoms with Crippen molar-refractivity contribution in [2.24, 2.45) is 0 Å². The molecular formula is C21H31N7O3. The lowest BCUT2D eigenvalue weighted by Crippen LogP contribution is -2.50. The lowest BCUT2D eigenvalue weighted by Gasteiger charge is -2.37. The highest BCUT2D eigenvalue weighted by atomic mass is 16.2. The van der Waals surface area contributed by atoms with Gasteiger partial charge in [0.1, 0.15) is 11.5 Å². The van der Waals surface area contributed by atoms with Crippen LogP contribution in [0.4, 0.5) is 11.8 Å². The Bertz CT molecular complexity index is 887. The maximum Gasteiger partial charge on any atom is 0.273 e. The van der Waals surface area contributed by atoms with E-state index in [0.29, 0.717) is 70.5 Å². The van der Waals surface area contributed by atoms with Crippen molar-refractivity contribution in [1.82, 2.24) is 24.7 Å². The molecule has 10 nitrogen and oxygen atoms in total. The summed E-state index contributed by atoms with van der Waals surface area (Å²) < 4.78 is 0. The first-order valence-electron chi connectivity index (χ1n) is 11.0. The predicted molar refractivity (Wildman–Crippen MR) is 116 cm³/mol. The third-order valence-corrected chi connectivity index (χ3v) is 6.42. The monoisotopic (exact) mass is 429 g/mol. The van der Waals surface area contributed by atoms with Gasteiger partial charge in [-0.1, -0.05) is 0 Å². The quantitative estimate of drug-likeness (QED) is 0.677. The summed E-state index contributed by atoms with van der Waals surface area (Å²) in [6, 6.07) is 0.0756. The number of fused-ring (bicyclic) bond motifs is 1. The van der Waals surface area contributed by atoms with E-state index in [4.69, 9.17) is 4.98 Å². The van der Waals surface area contributed by atoms with Crippen LogP contribution in [-0.4, -0.2) is 101 Å². The van der Waals surface area contributed by atoms with Crippen molar-refractivity contribution >= 4 is 29.5 Å². The van der Waals surface area contributed by atoms with Gasteiger partial charge in [0.25, 0.3) is 5.91 Å². The lowest BCUT2D eigenvalue weighted by atomic mass is 10.2. The summed E-state index contributed by atoms with van der Waals surface area (Å²) in [5.41, 5.74) is 1.36. The van der Waals surface area contributed by atoms with E-state index < -0.39 is 0 Å². The fourth-order valence-electron chi connectivity index (χ4n) is 4.44. The maximum absolute atomic E-state index is 13.1. The molecule has 31 heavy (non-hydrogen) atoms. The number of piperazine rings is 2. The minimum atomic E-state index is -0.0559. The second-order valence-corrected chi connectivity index (χ2v) is 8.69. The number of carbonyl (C=O) groups excluding carboxylic acids is 3. The van der Waals surface area contributed by atoms with E-state index in [1.54, 1.807) is 13.8 Å². The summed E-state index contributed by atoms with van der Waals surface area (Å²) in [6.07, 6.45) is 0. The zero-order valence-corrected chi connectivity index (χ0v) is 18.8. The third-order valence-electron chi connectivity index (χ3n) is 6.42. The van der Waals surface area contributed by atoms with Gasteiger partial charge < -0.3 is 24.5 Å². The van der Waals surface area contributed by atoms with Crippen LogP contribution in [-0.2, 0) is 16.1 Å². The smallest absolute Gasteiger partial charge is 0.273 e. The van der Waals surface area contributed by atoms with Crippen LogP contribution in [0.5, 0.6) is 0 Å². The molecule has 168 valence electrons. The Morgan fingerprint density at radius 1 is 0.806 bits per heavy atom. The first kappa shape index (κ1) is 21.3. The summed E-state index contributed by atoms with van der Waals surface area (Å²) in [6.45, 7) is 12.8. The van der Waals surface area contributed by atoms with Crippen molar-refractivity contribution in [3.05, 3.63) is 11.3 Å². The highest BCUT2D eigenvalue weighted by Gasteiger charge is 2.37. The molecule has 0 saturated carbocycles. The molecule has 0 unspecified atom stereocenters. The fourth-order valence-corrected chi connectivity index (χ4v) is 4.44. The highest BCUT2D eigenvalue weighted by molar-refractivity contribution is 5.98. The standard InChI is InChI=1S/C21H31N7O3/c1-14(2)28-13-17-18(20(28)31)22-21(27-11-7-25(8-12-27)16(4)30)23-19(17)26-9-5-24(6-10-26)15(3)29/h14H,5-13H2,1-4H3. The molecule has 4 heterocycles. The van der Waals surface area contributed by atoms with Crippen LogP contribution in [0.1, 0.15) is 43.7 Å².